The zero-order valence-electron chi connectivity index (χ0n) is 12.2. The van der Waals surface area contributed by atoms with Crippen LogP contribution in [0.4, 0.5) is 5.69 Å². The van der Waals surface area contributed by atoms with Crippen LogP contribution >= 0.6 is 15.9 Å². The van der Waals surface area contributed by atoms with Crippen molar-refractivity contribution in [3.8, 4) is 5.75 Å². The Balaban J connectivity index is 0.000000704. The first kappa shape index (κ1) is 14.9. The normalized spacial score (nSPS) is 12.5. The Morgan fingerprint density at radius 3 is 2.50 bits per heavy atom. The molecular formula is C17H20BrNO. The van der Waals surface area contributed by atoms with Gasteiger partial charge >= 0.3 is 0 Å². The van der Waals surface area contributed by atoms with E-state index in [1.54, 1.807) is 7.11 Å². The number of benzene rings is 2. The molecule has 1 heterocycles. The Labute approximate surface area is 129 Å². The largest absolute Gasteiger partial charge is 0.497 e. The average Bonchev–Trinajstić information content (AvgIpc) is 2.95. The van der Waals surface area contributed by atoms with E-state index in [1.807, 2.05) is 26.0 Å². The van der Waals surface area contributed by atoms with Gasteiger partial charge in [-0.3, -0.25) is 0 Å². The molecule has 1 aliphatic heterocycles. The van der Waals surface area contributed by atoms with Crippen LogP contribution in [0.2, 0.25) is 0 Å². The number of rotatable bonds is 2. The first-order chi connectivity index (χ1) is 9.78. The molecule has 2 nitrogen and oxygen atoms in total. The molecule has 0 fully saturated rings. The number of hydrogen-bond acceptors (Lipinski definition) is 2. The molecule has 0 saturated heterocycles. The van der Waals surface area contributed by atoms with Crippen molar-refractivity contribution in [3.05, 3.63) is 58.1 Å². The fraction of sp³-hybridized carbons (Fsp3) is 0.294. The molecule has 106 valence electrons. The van der Waals surface area contributed by atoms with Gasteiger partial charge in [-0.15, -0.1) is 0 Å². The summed E-state index contributed by atoms with van der Waals surface area (Å²) in [6.07, 6.45) is 0. The third kappa shape index (κ3) is 2.98. The van der Waals surface area contributed by atoms with Gasteiger partial charge in [0.25, 0.3) is 0 Å². The van der Waals surface area contributed by atoms with Gasteiger partial charge in [-0.2, -0.15) is 0 Å². The van der Waals surface area contributed by atoms with Crippen molar-refractivity contribution in [1.82, 2.24) is 0 Å². The lowest BCUT2D eigenvalue weighted by Crippen LogP contribution is -2.14. The lowest BCUT2D eigenvalue weighted by Gasteiger charge is -2.18. The molecule has 0 unspecified atom stereocenters. The smallest absolute Gasteiger partial charge is 0.120 e. The molecule has 0 aliphatic carbocycles. The molecule has 0 bridgehead atoms. The number of nitrogens with zero attached hydrogens (tertiary/aromatic N) is 1. The summed E-state index contributed by atoms with van der Waals surface area (Å²) in [5.74, 6) is 0.905. The van der Waals surface area contributed by atoms with Crippen molar-refractivity contribution >= 4 is 21.6 Å². The molecule has 0 saturated carbocycles. The Hall–Kier alpha value is -1.48. The van der Waals surface area contributed by atoms with E-state index in [0.29, 0.717) is 0 Å². The van der Waals surface area contributed by atoms with Gasteiger partial charge in [0.2, 0.25) is 0 Å². The molecule has 0 aromatic heterocycles. The van der Waals surface area contributed by atoms with Gasteiger partial charge in [-0.25, -0.2) is 0 Å². The van der Waals surface area contributed by atoms with Crippen LogP contribution in [0.1, 0.15) is 25.0 Å². The highest BCUT2D eigenvalue weighted by Gasteiger charge is 2.21. The first-order valence-corrected chi connectivity index (χ1v) is 7.72. The van der Waals surface area contributed by atoms with Crippen LogP contribution in [-0.4, -0.2) is 7.11 Å². The SMILES string of the molecule is CC.COc1cccc(N2Cc3cccc(Br)c3C2)c1. The van der Waals surface area contributed by atoms with E-state index >= 15 is 0 Å². The fourth-order valence-electron chi connectivity index (χ4n) is 2.37. The van der Waals surface area contributed by atoms with E-state index in [2.05, 4.69) is 51.2 Å². The quantitative estimate of drug-likeness (QED) is 0.766. The van der Waals surface area contributed by atoms with Gasteiger partial charge < -0.3 is 9.64 Å². The standard InChI is InChI=1S/C15H14BrNO.C2H6/c1-18-13-6-3-5-12(8-13)17-9-11-4-2-7-15(16)14(11)10-17;1-2/h2-8H,9-10H2,1H3;1-2H3. The van der Waals surface area contributed by atoms with Gasteiger partial charge in [-0.1, -0.05) is 48.0 Å². The van der Waals surface area contributed by atoms with Crippen molar-refractivity contribution in [2.75, 3.05) is 12.0 Å². The second kappa shape index (κ2) is 6.80. The summed E-state index contributed by atoms with van der Waals surface area (Å²) in [6, 6.07) is 14.6. The Morgan fingerprint density at radius 1 is 1.05 bits per heavy atom. The molecule has 0 atom stereocenters. The van der Waals surface area contributed by atoms with E-state index in [0.717, 1.165) is 18.8 Å². The predicted molar refractivity (Wildman–Crippen MR) is 88.4 cm³/mol. The topological polar surface area (TPSA) is 12.5 Å². The first-order valence-electron chi connectivity index (χ1n) is 6.93. The second-order valence-electron chi connectivity index (χ2n) is 4.44. The average molecular weight is 334 g/mol. The van der Waals surface area contributed by atoms with E-state index in [-0.39, 0.29) is 0 Å². The molecule has 20 heavy (non-hydrogen) atoms. The van der Waals surface area contributed by atoms with Crippen LogP contribution in [-0.2, 0) is 13.1 Å². The van der Waals surface area contributed by atoms with E-state index < -0.39 is 0 Å². The maximum atomic E-state index is 5.28. The summed E-state index contributed by atoms with van der Waals surface area (Å²) in [5.41, 5.74) is 3.99. The van der Waals surface area contributed by atoms with Crippen LogP contribution in [0.5, 0.6) is 5.75 Å². The van der Waals surface area contributed by atoms with Gasteiger partial charge in [0, 0.05) is 29.3 Å². The van der Waals surface area contributed by atoms with Gasteiger partial charge in [-0.05, 0) is 29.3 Å². The molecule has 0 spiro atoms. The Bertz CT molecular complexity index is 583. The molecule has 3 heteroatoms. The monoisotopic (exact) mass is 333 g/mol. The summed E-state index contributed by atoms with van der Waals surface area (Å²) < 4.78 is 6.48. The number of fused-ring (bicyclic) bond motifs is 1. The van der Waals surface area contributed by atoms with Crippen LogP contribution in [0.15, 0.2) is 46.9 Å². The third-order valence-corrected chi connectivity index (χ3v) is 4.09. The molecular weight excluding hydrogens is 314 g/mol. The fourth-order valence-corrected chi connectivity index (χ4v) is 2.90. The molecule has 0 radical (unpaired) electrons. The highest BCUT2D eigenvalue weighted by atomic mass is 79.9. The number of ether oxygens (including phenoxy) is 1. The number of anilines is 1. The van der Waals surface area contributed by atoms with Gasteiger partial charge in [0.1, 0.15) is 5.75 Å². The predicted octanol–water partition coefficient (Wildman–Crippen LogP) is 5.00. The second-order valence-corrected chi connectivity index (χ2v) is 5.29. The lowest BCUT2D eigenvalue weighted by molar-refractivity contribution is 0.415. The minimum atomic E-state index is 0.905. The van der Waals surface area contributed by atoms with Crippen molar-refractivity contribution in [1.29, 1.82) is 0 Å². The molecule has 1 aliphatic rings. The maximum Gasteiger partial charge on any atom is 0.120 e. The highest BCUT2D eigenvalue weighted by Crippen LogP contribution is 2.33. The molecule has 0 amide bonds. The summed E-state index contributed by atoms with van der Waals surface area (Å²) in [4.78, 5) is 2.36. The minimum absolute atomic E-state index is 0.905. The molecule has 2 aromatic carbocycles. The van der Waals surface area contributed by atoms with Crippen LogP contribution < -0.4 is 9.64 Å². The summed E-state index contributed by atoms with van der Waals surface area (Å²) in [5, 5.41) is 0. The Kier molecular flexibility index (Phi) is 5.07. The molecule has 2 aromatic rings. The highest BCUT2D eigenvalue weighted by molar-refractivity contribution is 9.10. The number of methoxy groups -OCH3 is 1. The van der Waals surface area contributed by atoms with Gasteiger partial charge in [0.15, 0.2) is 0 Å². The molecule has 0 N–H and O–H groups in total. The maximum absolute atomic E-state index is 5.28. The number of hydrogen-bond donors (Lipinski definition) is 0. The zero-order valence-corrected chi connectivity index (χ0v) is 13.8. The van der Waals surface area contributed by atoms with Crippen LogP contribution in [0.25, 0.3) is 0 Å². The van der Waals surface area contributed by atoms with E-state index in [9.17, 15) is 0 Å². The molecule has 3 rings (SSSR count). The van der Waals surface area contributed by atoms with E-state index in [1.165, 1.54) is 21.3 Å². The number of halogens is 1. The van der Waals surface area contributed by atoms with Crippen molar-refractivity contribution in [2.24, 2.45) is 0 Å². The Morgan fingerprint density at radius 2 is 1.80 bits per heavy atom. The van der Waals surface area contributed by atoms with Crippen molar-refractivity contribution < 1.29 is 4.74 Å². The summed E-state index contributed by atoms with van der Waals surface area (Å²) >= 11 is 3.62. The third-order valence-electron chi connectivity index (χ3n) is 3.34. The summed E-state index contributed by atoms with van der Waals surface area (Å²) in [7, 11) is 1.70. The van der Waals surface area contributed by atoms with Gasteiger partial charge in [0.05, 0.1) is 7.11 Å². The zero-order chi connectivity index (χ0) is 14.5. The van der Waals surface area contributed by atoms with Crippen molar-refractivity contribution in [3.63, 3.8) is 0 Å². The van der Waals surface area contributed by atoms with Crippen LogP contribution in [0.3, 0.4) is 0 Å². The summed E-state index contributed by atoms with van der Waals surface area (Å²) in [6.45, 7) is 5.91. The van der Waals surface area contributed by atoms with Crippen LogP contribution in [0, 0.1) is 0 Å². The lowest BCUT2D eigenvalue weighted by atomic mass is 10.1. The van der Waals surface area contributed by atoms with E-state index in [4.69, 9.17) is 4.74 Å². The van der Waals surface area contributed by atoms with Crippen molar-refractivity contribution in [2.45, 2.75) is 26.9 Å². The minimum Gasteiger partial charge on any atom is -0.497 e.